The number of hydrogen-bond donors (Lipinski definition) is 1. The number of hydrogen-bond acceptors (Lipinski definition) is 3. The molecular weight excluding hydrogens is 300 g/mol. The molecule has 1 saturated heterocycles. The molecule has 0 bridgehead atoms. The summed E-state index contributed by atoms with van der Waals surface area (Å²) in [5, 5.41) is 17.7. The average Bonchev–Trinajstić information content (AvgIpc) is 2.71. The molecule has 1 unspecified atom stereocenters. The molecule has 18 heavy (non-hydrogen) atoms. The third-order valence-electron chi connectivity index (χ3n) is 2.86. The van der Waals surface area contributed by atoms with Gasteiger partial charge >= 0.3 is 5.97 Å². The third kappa shape index (κ3) is 2.22. The number of rotatable bonds is 2. The van der Waals surface area contributed by atoms with Crippen LogP contribution in [0.5, 0.6) is 0 Å². The van der Waals surface area contributed by atoms with Crippen molar-refractivity contribution < 1.29 is 14.7 Å². The van der Waals surface area contributed by atoms with Crippen molar-refractivity contribution in [2.45, 2.75) is 6.42 Å². The lowest BCUT2D eigenvalue weighted by atomic mass is 10.1. The lowest BCUT2D eigenvalue weighted by Crippen LogP contribution is -2.25. The predicted octanol–water partition coefficient (Wildman–Crippen LogP) is 1.76. The number of halogens is 1. The molecule has 0 aliphatic carbocycles. The lowest BCUT2D eigenvalue weighted by Gasteiger charge is -2.16. The summed E-state index contributed by atoms with van der Waals surface area (Å²) < 4.78 is 0.592. The highest BCUT2D eigenvalue weighted by Crippen LogP contribution is 2.29. The summed E-state index contributed by atoms with van der Waals surface area (Å²) in [6.07, 6.45) is 0.0208. The second-order valence-electron chi connectivity index (χ2n) is 4.02. The zero-order valence-corrected chi connectivity index (χ0v) is 10.8. The minimum Gasteiger partial charge on any atom is -0.481 e. The van der Waals surface area contributed by atoms with Crippen LogP contribution in [-0.4, -0.2) is 23.5 Å². The molecule has 92 valence electrons. The zero-order chi connectivity index (χ0) is 13.3. The number of nitriles is 1. The first kappa shape index (κ1) is 12.6. The van der Waals surface area contributed by atoms with Gasteiger partial charge in [-0.25, -0.2) is 0 Å². The summed E-state index contributed by atoms with van der Waals surface area (Å²) in [6, 6.07) is 6.90. The number of benzene rings is 1. The van der Waals surface area contributed by atoms with Crippen LogP contribution in [-0.2, 0) is 9.59 Å². The van der Waals surface area contributed by atoms with Gasteiger partial charge in [0.25, 0.3) is 0 Å². The quantitative estimate of drug-likeness (QED) is 0.902. The van der Waals surface area contributed by atoms with Gasteiger partial charge in [0.2, 0.25) is 5.91 Å². The van der Waals surface area contributed by atoms with E-state index in [9.17, 15) is 9.59 Å². The summed E-state index contributed by atoms with van der Waals surface area (Å²) in [5.74, 6) is -1.83. The maximum Gasteiger partial charge on any atom is 0.308 e. The third-order valence-corrected chi connectivity index (χ3v) is 3.52. The molecule has 0 radical (unpaired) electrons. The molecule has 0 aromatic heterocycles. The first-order chi connectivity index (χ1) is 8.52. The van der Waals surface area contributed by atoms with E-state index in [1.807, 2.05) is 6.07 Å². The highest BCUT2D eigenvalue weighted by Gasteiger charge is 2.35. The fourth-order valence-electron chi connectivity index (χ4n) is 1.89. The van der Waals surface area contributed by atoms with Crippen LogP contribution < -0.4 is 4.90 Å². The van der Waals surface area contributed by atoms with E-state index >= 15 is 0 Å². The Labute approximate surface area is 112 Å². The van der Waals surface area contributed by atoms with Crippen LogP contribution in [0.2, 0.25) is 0 Å². The van der Waals surface area contributed by atoms with Crippen LogP contribution in [0, 0.1) is 17.2 Å². The van der Waals surface area contributed by atoms with Crippen molar-refractivity contribution in [3.8, 4) is 6.07 Å². The fourth-order valence-corrected chi connectivity index (χ4v) is 2.34. The van der Waals surface area contributed by atoms with E-state index in [2.05, 4.69) is 15.9 Å². The molecule has 5 nitrogen and oxygen atoms in total. The Hall–Kier alpha value is -1.87. The Morgan fingerprint density at radius 2 is 2.28 bits per heavy atom. The van der Waals surface area contributed by atoms with Crippen LogP contribution >= 0.6 is 15.9 Å². The SMILES string of the molecule is N#Cc1ccc(N2CC(C(=O)O)CC2=O)cc1Br. The Balaban J connectivity index is 2.28. The van der Waals surface area contributed by atoms with Crippen molar-refractivity contribution in [2.24, 2.45) is 5.92 Å². The number of anilines is 1. The number of carboxylic acid groups (broad SMARTS) is 1. The molecule has 1 fully saturated rings. The van der Waals surface area contributed by atoms with Gasteiger partial charge in [-0.05, 0) is 34.1 Å². The van der Waals surface area contributed by atoms with Gasteiger partial charge in [0, 0.05) is 23.1 Å². The Bertz CT molecular complexity index is 565. The van der Waals surface area contributed by atoms with Crippen molar-refractivity contribution in [1.29, 1.82) is 5.26 Å². The van der Waals surface area contributed by atoms with E-state index in [1.165, 1.54) is 4.90 Å². The first-order valence-corrected chi connectivity index (χ1v) is 6.05. The lowest BCUT2D eigenvalue weighted by molar-refractivity contribution is -0.141. The molecule has 1 aliphatic rings. The van der Waals surface area contributed by atoms with Crippen molar-refractivity contribution in [2.75, 3.05) is 11.4 Å². The second kappa shape index (κ2) is 4.78. The number of amides is 1. The number of carboxylic acids is 1. The van der Waals surface area contributed by atoms with Crippen LogP contribution in [0.25, 0.3) is 0 Å². The molecule has 0 spiro atoms. The minimum atomic E-state index is -0.960. The predicted molar refractivity (Wildman–Crippen MR) is 67.0 cm³/mol. The van der Waals surface area contributed by atoms with Crippen molar-refractivity contribution in [1.82, 2.24) is 0 Å². The summed E-state index contributed by atoms with van der Waals surface area (Å²) in [5.41, 5.74) is 1.08. The van der Waals surface area contributed by atoms with E-state index in [4.69, 9.17) is 10.4 Å². The van der Waals surface area contributed by atoms with Gasteiger partial charge in [-0.2, -0.15) is 5.26 Å². The number of aliphatic carboxylic acids is 1. The fraction of sp³-hybridized carbons (Fsp3) is 0.250. The number of carbonyl (C=O) groups is 2. The maximum absolute atomic E-state index is 11.7. The largest absolute Gasteiger partial charge is 0.481 e. The highest BCUT2D eigenvalue weighted by atomic mass is 79.9. The van der Waals surface area contributed by atoms with E-state index < -0.39 is 11.9 Å². The standard InChI is InChI=1S/C12H9BrN2O3/c13-10-4-9(2-1-7(10)5-14)15-6-8(12(17)18)3-11(15)16/h1-2,4,8H,3,6H2,(H,17,18). The first-order valence-electron chi connectivity index (χ1n) is 5.25. The van der Waals surface area contributed by atoms with Gasteiger partial charge in [-0.3, -0.25) is 9.59 Å². The maximum atomic E-state index is 11.7. The second-order valence-corrected chi connectivity index (χ2v) is 4.87. The van der Waals surface area contributed by atoms with Gasteiger partial charge in [-0.15, -0.1) is 0 Å². The summed E-state index contributed by atoms with van der Waals surface area (Å²) in [6.45, 7) is 0.173. The molecule has 1 aliphatic heterocycles. The number of carbonyl (C=O) groups excluding carboxylic acids is 1. The summed E-state index contributed by atoms with van der Waals surface area (Å²) in [7, 11) is 0. The van der Waals surface area contributed by atoms with Gasteiger partial charge < -0.3 is 10.0 Å². The van der Waals surface area contributed by atoms with Crippen LogP contribution in [0.3, 0.4) is 0 Å². The molecule has 1 N–H and O–H groups in total. The van der Waals surface area contributed by atoms with Gasteiger partial charge in [0.15, 0.2) is 0 Å². The topological polar surface area (TPSA) is 81.4 Å². The molecule has 6 heteroatoms. The van der Waals surface area contributed by atoms with Gasteiger partial charge in [0.05, 0.1) is 11.5 Å². The zero-order valence-electron chi connectivity index (χ0n) is 9.26. The summed E-state index contributed by atoms with van der Waals surface area (Å²) >= 11 is 3.24. The smallest absolute Gasteiger partial charge is 0.308 e. The normalized spacial score (nSPS) is 18.8. The van der Waals surface area contributed by atoms with E-state index in [-0.39, 0.29) is 18.9 Å². The monoisotopic (exact) mass is 308 g/mol. The Morgan fingerprint density at radius 3 is 2.78 bits per heavy atom. The molecule has 1 amide bonds. The molecule has 1 aromatic rings. The average molecular weight is 309 g/mol. The minimum absolute atomic E-state index is 0.0208. The molecule has 1 atom stereocenters. The molecular formula is C12H9BrN2O3. The van der Waals surface area contributed by atoms with Crippen LogP contribution in [0.15, 0.2) is 22.7 Å². The van der Waals surface area contributed by atoms with Crippen LogP contribution in [0.1, 0.15) is 12.0 Å². The van der Waals surface area contributed by atoms with Crippen molar-refractivity contribution in [3.05, 3.63) is 28.2 Å². The molecule has 1 aromatic carbocycles. The van der Waals surface area contributed by atoms with Crippen molar-refractivity contribution in [3.63, 3.8) is 0 Å². The van der Waals surface area contributed by atoms with E-state index in [0.717, 1.165) is 0 Å². The van der Waals surface area contributed by atoms with Crippen molar-refractivity contribution >= 4 is 33.5 Å². The highest BCUT2D eigenvalue weighted by molar-refractivity contribution is 9.10. The summed E-state index contributed by atoms with van der Waals surface area (Å²) in [4.78, 5) is 24.0. The number of nitrogens with zero attached hydrogens (tertiary/aromatic N) is 2. The molecule has 2 rings (SSSR count). The van der Waals surface area contributed by atoms with Crippen LogP contribution in [0.4, 0.5) is 5.69 Å². The molecule has 1 heterocycles. The Morgan fingerprint density at radius 1 is 1.56 bits per heavy atom. The van der Waals surface area contributed by atoms with E-state index in [1.54, 1.807) is 18.2 Å². The Kier molecular flexibility index (Phi) is 3.34. The molecule has 0 saturated carbocycles. The van der Waals surface area contributed by atoms with E-state index in [0.29, 0.717) is 15.7 Å². The van der Waals surface area contributed by atoms with Gasteiger partial charge in [-0.1, -0.05) is 0 Å². The van der Waals surface area contributed by atoms with Gasteiger partial charge in [0.1, 0.15) is 6.07 Å².